The minimum absolute atomic E-state index is 0.118. The summed E-state index contributed by atoms with van der Waals surface area (Å²) in [6.07, 6.45) is 0.118. The van der Waals surface area contributed by atoms with Crippen molar-refractivity contribution in [2.75, 3.05) is 13.2 Å². The van der Waals surface area contributed by atoms with Gasteiger partial charge in [-0.2, -0.15) is 0 Å². The van der Waals surface area contributed by atoms with Crippen LogP contribution in [0.15, 0.2) is 52.9 Å². The highest BCUT2D eigenvalue weighted by Crippen LogP contribution is 2.55. The smallest absolute Gasteiger partial charge is 0.324 e. The number of fused-ring (bicyclic) bond motifs is 3. The van der Waals surface area contributed by atoms with E-state index in [9.17, 15) is 9.59 Å². The van der Waals surface area contributed by atoms with Crippen molar-refractivity contribution in [2.24, 2.45) is 5.41 Å². The van der Waals surface area contributed by atoms with Gasteiger partial charge in [0.1, 0.15) is 11.3 Å². The van der Waals surface area contributed by atoms with Crippen molar-refractivity contribution in [1.29, 1.82) is 0 Å². The van der Waals surface area contributed by atoms with Crippen molar-refractivity contribution in [3.05, 3.63) is 71.0 Å². The Labute approximate surface area is 169 Å². The lowest BCUT2D eigenvalue weighted by molar-refractivity contribution is -0.172. The molecular weight excluding hydrogens is 368 g/mol. The van der Waals surface area contributed by atoms with Crippen LogP contribution in [0.1, 0.15) is 42.2 Å². The van der Waals surface area contributed by atoms with Gasteiger partial charge in [-0.3, -0.25) is 9.59 Å². The first-order valence-electron chi connectivity index (χ1n) is 9.94. The number of benzene rings is 2. The van der Waals surface area contributed by atoms with Gasteiger partial charge in [-0.15, -0.1) is 0 Å². The zero-order chi connectivity index (χ0) is 20.6. The normalized spacial score (nSPS) is 17.1. The third-order valence-electron chi connectivity index (χ3n) is 5.62. The summed E-state index contributed by atoms with van der Waals surface area (Å²) in [6, 6.07) is 15.6. The van der Waals surface area contributed by atoms with Gasteiger partial charge in [0.15, 0.2) is 5.41 Å². The summed E-state index contributed by atoms with van der Waals surface area (Å²) >= 11 is 0. The molecule has 1 heterocycles. The summed E-state index contributed by atoms with van der Waals surface area (Å²) in [5, 5.41) is 0.906. The van der Waals surface area contributed by atoms with E-state index in [1.165, 1.54) is 0 Å². The summed E-state index contributed by atoms with van der Waals surface area (Å²) in [4.78, 5) is 26.5. The van der Waals surface area contributed by atoms with E-state index in [1.54, 1.807) is 13.8 Å². The van der Waals surface area contributed by atoms with Crippen LogP contribution in [-0.2, 0) is 25.5 Å². The summed E-state index contributed by atoms with van der Waals surface area (Å²) in [5.74, 6) is -1.04. The highest BCUT2D eigenvalue weighted by molar-refractivity contribution is 6.04. The fraction of sp³-hybridized carbons (Fsp3) is 0.333. The molecule has 5 nitrogen and oxygen atoms in total. The van der Waals surface area contributed by atoms with Crippen molar-refractivity contribution in [3.63, 3.8) is 0 Å². The molecule has 0 spiro atoms. The van der Waals surface area contributed by atoms with E-state index in [2.05, 4.69) is 0 Å². The first-order valence-corrected chi connectivity index (χ1v) is 9.94. The number of furan rings is 1. The van der Waals surface area contributed by atoms with E-state index in [0.29, 0.717) is 5.76 Å². The molecular formula is C24H24O5. The zero-order valence-corrected chi connectivity index (χ0v) is 16.9. The number of hydrogen-bond acceptors (Lipinski definition) is 5. The summed E-state index contributed by atoms with van der Waals surface area (Å²) in [6.45, 7) is 5.84. The number of carbonyl (C=O) groups is 2. The van der Waals surface area contributed by atoms with Crippen LogP contribution in [0.2, 0.25) is 0 Å². The Morgan fingerprint density at radius 3 is 2.24 bits per heavy atom. The summed E-state index contributed by atoms with van der Waals surface area (Å²) < 4.78 is 16.9. The molecule has 0 radical (unpaired) electrons. The fourth-order valence-electron chi connectivity index (χ4n) is 4.36. The average Bonchev–Trinajstić information content (AvgIpc) is 3.23. The first kappa shape index (κ1) is 19.2. The van der Waals surface area contributed by atoms with Crippen molar-refractivity contribution in [3.8, 4) is 0 Å². The molecule has 5 heteroatoms. The van der Waals surface area contributed by atoms with Crippen LogP contribution >= 0.6 is 0 Å². The molecule has 4 rings (SSSR count). The highest BCUT2D eigenvalue weighted by Gasteiger charge is 2.62. The monoisotopic (exact) mass is 392 g/mol. The van der Waals surface area contributed by atoms with Gasteiger partial charge in [0.05, 0.1) is 13.2 Å². The van der Waals surface area contributed by atoms with Crippen LogP contribution in [-0.4, -0.2) is 25.2 Å². The minimum atomic E-state index is -1.50. The second kappa shape index (κ2) is 7.39. The van der Waals surface area contributed by atoms with E-state index in [4.69, 9.17) is 13.9 Å². The van der Waals surface area contributed by atoms with Gasteiger partial charge >= 0.3 is 11.9 Å². The van der Waals surface area contributed by atoms with Crippen molar-refractivity contribution < 1.29 is 23.5 Å². The van der Waals surface area contributed by atoms with E-state index in [-0.39, 0.29) is 19.6 Å². The third kappa shape index (κ3) is 2.92. The van der Waals surface area contributed by atoms with Crippen LogP contribution in [0.25, 0.3) is 11.0 Å². The van der Waals surface area contributed by atoms with Crippen molar-refractivity contribution in [1.82, 2.24) is 0 Å². The maximum atomic E-state index is 13.3. The van der Waals surface area contributed by atoms with E-state index < -0.39 is 23.3 Å². The van der Waals surface area contributed by atoms with E-state index in [1.807, 2.05) is 55.5 Å². The average molecular weight is 392 g/mol. The van der Waals surface area contributed by atoms with E-state index >= 15 is 0 Å². The predicted octanol–water partition coefficient (Wildman–Crippen LogP) is 4.54. The lowest BCUT2D eigenvalue weighted by Gasteiger charge is -2.31. The molecule has 0 N–H and O–H groups in total. The second-order valence-corrected chi connectivity index (χ2v) is 7.37. The maximum absolute atomic E-state index is 13.3. The van der Waals surface area contributed by atoms with E-state index in [0.717, 1.165) is 27.7 Å². The Morgan fingerprint density at radius 2 is 1.62 bits per heavy atom. The molecule has 0 saturated heterocycles. The number of carbonyl (C=O) groups excluding carboxylic acids is 2. The van der Waals surface area contributed by atoms with Gasteiger partial charge in [0.25, 0.3) is 0 Å². The van der Waals surface area contributed by atoms with Crippen LogP contribution in [0.3, 0.4) is 0 Å². The number of para-hydroxylation sites is 1. The standard InChI is InChI=1S/C24H24O5/c1-4-27-22(25)24(23(26)28-5-2)14-19-20(17-8-6-7-9-18(17)29-19)21(24)16-12-10-15(3)11-13-16/h6-13,21H,4-5,14H2,1-3H3. The number of hydrogen-bond donors (Lipinski definition) is 0. The molecule has 1 aliphatic carbocycles. The van der Waals surface area contributed by atoms with Gasteiger partial charge < -0.3 is 13.9 Å². The third-order valence-corrected chi connectivity index (χ3v) is 5.62. The summed E-state index contributed by atoms with van der Waals surface area (Å²) in [7, 11) is 0. The lowest BCUT2D eigenvalue weighted by Crippen LogP contribution is -2.46. The van der Waals surface area contributed by atoms with Crippen LogP contribution in [0.5, 0.6) is 0 Å². The number of aryl methyl sites for hydroxylation is 1. The lowest BCUT2D eigenvalue weighted by atomic mass is 9.71. The van der Waals surface area contributed by atoms with Gasteiger partial charge in [-0.1, -0.05) is 48.0 Å². The predicted molar refractivity (Wildman–Crippen MR) is 109 cm³/mol. The van der Waals surface area contributed by atoms with Crippen LogP contribution in [0.4, 0.5) is 0 Å². The molecule has 0 bridgehead atoms. The quantitative estimate of drug-likeness (QED) is 0.471. The molecule has 3 aromatic rings. The molecule has 1 unspecified atom stereocenters. The molecule has 0 amide bonds. The zero-order valence-electron chi connectivity index (χ0n) is 16.9. The molecule has 2 aromatic carbocycles. The molecule has 0 aliphatic heterocycles. The number of ether oxygens (including phenoxy) is 2. The van der Waals surface area contributed by atoms with Crippen molar-refractivity contribution >= 4 is 22.9 Å². The molecule has 1 aliphatic rings. The minimum Gasteiger partial charge on any atom is -0.465 e. The molecule has 29 heavy (non-hydrogen) atoms. The van der Waals surface area contributed by atoms with Gasteiger partial charge in [-0.05, 0) is 32.4 Å². The van der Waals surface area contributed by atoms with Crippen LogP contribution in [0, 0.1) is 12.3 Å². The largest absolute Gasteiger partial charge is 0.465 e. The molecule has 1 aromatic heterocycles. The SMILES string of the molecule is CCOC(=O)C1(C(=O)OCC)Cc2oc3ccccc3c2C1c1ccc(C)cc1. The molecule has 1 atom stereocenters. The molecule has 0 fully saturated rings. The number of esters is 2. The maximum Gasteiger partial charge on any atom is 0.324 e. The summed E-state index contributed by atoms with van der Waals surface area (Å²) in [5.41, 5.74) is 2.07. The Balaban J connectivity index is 1.99. The first-order chi connectivity index (χ1) is 14.0. The fourth-order valence-corrected chi connectivity index (χ4v) is 4.36. The Kier molecular flexibility index (Phi) is 4.91. The van der Waals surface area contributed by atoms with Gasteiger partial charge in [0.2, 0.25) is 0 Å². The number of rotatable bonds is 5. The van der Waals surface area contributed by atoms with Gasteiger partial charge in [-0.25, -0.2) is 0 Å². The Morgan fingerprint density at radius 1 is 1.00 bits per heavy atom. The topological polar surface area (TPSA) is 65.7 Å². The molecule has 0 saturated carbocycles. The highest BCUT2D eigenvalue weighted by atomic mass is 16.6. The Hall–Kier alpha value is -3.08. The molecule has 150 valence electrons. The second-order valence-electron chi connectivity index (χ2n) is 7.37. The van der Waals surface area contributed by atoms with Crippen LogP contribution < -0.4 is 0 Å². The Bertz CT molecular complexity index is 1040. The van der Waals surface area contributed by atoms with Crippen molar-refractivity contribution in [2.45, 2.75) is 33.1 Å². The van der Waals surface area contributed by atoms with Gasteiger partial charge in [0, 0.05) is 23.3 Å².